The molecule has 1 aromatic rings. The van der Waals surface area contributed by atoms with Crippen molar-refractivity contribution >= 4 is 23.7 Å². The van der Waals surface area contributed by atoms with Crippen molar-refractivity contribution in [2.75, 3.05) is 13.6 Å². The molecule has 5 aliphatic rings. The third kappa shape index (κ3) is 6.89. The molecule has 0 radical (unpaired) electrons. The number of carboxylic acids is 1. The number of ether oxygens (including phenoxy) is 2. The number of carbonyl (C=O) groups is 4. The second-order valence-electron chi connectivity index (χ2n) is 20.0. The molecule has 298 valence electrons. The Labute approximate surface area is 324 Å². The van der Waals surface area contributed by atoms with Crippen LogP contribution in [0.4, 0.5) is 0 Å². The SMILES string of the molecule is CC(=O)O[C@H](CN(C)Cc1ccc(C)cc1)[C@@]12CC[C@]3(C)[C@H](CC[C@@H]4[C@@]5(C)CC[C@H](OC(=O)CC(C)(C)C(=O)O)C[C@@H]5CC[C@]43C)C1=C(C(C)C)C(=O)C2. The van der Waals surface area contributed by atoms with E-state index in [1.54, 1.807) is 13.8 Å². The lowest BCUT2D eigenvalue weighted by atomic mass is 9.34. The molecule has 1 N–H and O–H groups in total. The number of esters is 2. The number of carbonyl (C=O) groups excluding carboxylic acids is 3. The van der Waals surface area contributed by atoms with Crippen LogP contribution in [0, 0.1) is 57.7 Å². The minimum Gasteiger partial charge on any atom is -0.481 e. The number of aryl methyl sites for hydroxylation is 1. The number of fused-ring (bicyclic) bond motifs is 7. The van der Waals surface area contributed by atoms with E-state index in [9.17, 15) is 24.3 Å². The lowest BCUT2D eigenvalue weighted by Gasteiger charge is -2.70. The van der Waals surface area contributed by atoms with Gasteiger partial charge in [-0.15, -0.1) is 0 Å². The third-order valence-electron chi connectivity index (χ3n) is 15.9. The van der Waals surface area contributed by atoms with Crippen LogP contribution in [0.1, 0.15) is 137 Å². The van der Waals surface area contributed by atoms with E-state index in [-0.39, 0.29) is 52.4 Å². The number of nitrogens with zero attached hydrogens (tertiary/aromatic N) is 1. The second-order valence-corrected chi connectivity index (χ2v) is 20.0. The van der Waals surface area contributed by atoms with Crippen LogP contribution < -0.4 is 0 Å². The Morgan fingerprint density at radius 2 is 1.65 bits per heavy atom. The van der Waals surface area contributed by atoms with Gasteiger partial charge in [-0.05, 0) is 142 Å². The second kappa shape index (κ2) is 14.5. The number of hydrogen-bond acceptors (Lipinski definition) is 7. The summed E-state index contributed by atoms with van der Waals surface area (Å²) < 4.78 is 12.3. The fraction of sp³-hybridized carbons (Fsp3) is 0.739. The summed E-state index contributed by atoms with van der Waals surface area (Å²) in [5.41, 5.74) is 3.25. The molecule has 9 atom stereocenters. The molecule has 0 aliphatic heterocycles. The van der Waals surface area contributed by atoms with E-state index in [0.717, 1.165) is 69.9 Å². The van der Waals surface area contributed by atoms with E-state index in [0.29, 0.717) is 24.8 Å². The van der Waals surface area contributed by atoms with Crippen molar-refractivity contribution in [1.82, 2.24) is 4.90 Å². The number of likely N-dealkylation sites (N-methyl/N-ethyl adjacent to an activating group) is 1. The molecule has 54 heavy (non-hydrogen) atoms. The maximum atomic E-state index is 14.3. The quantitative estimate of drug-likeness (QED) is 0.224. The highest BCUT2D eigenvalue weighted by atomic mass is 16.5. The highest BCUT2D eigenvalue weighted by molar-refractivity contribution is 6.01. The number of allylic oxidation sites excluding steroid dienone is 1. The normalized spacial score (nSPS) is 35.5. The molecule has 0 heterocycles. The summed E-state index contributed by atoms with van der Waals surface area (Å²) in [5, 5.41) is 9.54. The van der Waals surface area contributed by atoms with Crippen LogP contribution in [0.15, 0.2) is 35.4 Å². The number of aliphatic carboxylic acids is 1. The molecule has 0 saturated heterocycles. The van der Waals surface area contributed by atoms with Gasteiger partial charge in [0.05, 0.1) is 11.8 Å². The number of rotatable bonds is 11. The predicted octanol–water partition coefficient (Wildman–Crippen LogP) is 9.12. The molecule has 4 fully saturated rings. The Balaban J connectivity index is 1.28. The third-order valence-corrected chi connectivity index (χ3v) is 15.9. The summed E-state index contributed by atoms with van der Waals surface area (Å²) in [6.07, 6.45) is 8.44. The van der Waals surface area contributed by atoms with E-state index >= 15 is 0 Å². The van der Waals surface area contributed by atoms with Gasteiger partial charge in [0.2, 0.25) is 0 Å². The van der Waals surface area contributed by atoms with Crippen LogP contribution in [0.25, 0.3) is 0 Å². The van der Waals surface area contributed by atoms with Crippen molar-refractivity contribution in [2.45, 2.75) is 152 Å². The predicted molar refractivity (Wildman–Crippen MR) is 209 cm³/mol. The number of carboxylic acid groups (broad SMARTS) is 1. The summed E-state index contributed by atoms with van der Waals surface area (Å²) in [5.74, 6) is -0.167. The van der Waals surface area contributed by atoms with E-state index < -0.39 is 28.9 Å². The number of benzene rings is 1. The minimum atomic E-state index is -1.15. The van der Waals surface area contributed by atoms with Crippen LogP contribution in [0.5, 0.6) is 0 Å². The van der Waals surface area contributed by atoms with E-state index in [2.05, 4.69) is 77.8 Å². The highest BCUT2D eigenvalue weighted by Gasteiger charge is 2.69. The summed E-state index contributed by atoms with van der Waals surface area (Å²) in [7, 11) is 2.10. The molecule has 0 aromatic heterocycles. The molecular formula is C46H67NO7. The first-order valence-electron chi connectivity index (χ1n) is 20.8. The lowest BCUT2D eigenvalue weighted by molar-refractivity contribution is -0.208. The van der Waals surface area contributed by atoms with Gasteiger partial charge in [0, 0.05) is 31.8 Å². The molecule has 5 aliphatic carbocycles. The van der Waals surface area contributed by atoms with E-state index in [1.807, 2.05) is 0 Å². The van der Waals surface area contributed by atoms with E-state index in [1.165, 1.54) is 23.6 Å². The summed E-state index contributed by atoms with van der Waals surface area (Å²) in [6.45, 7) is 20.0. The van der Waals surface area contributed by atoms with Gasteiger partial charge >= 0.3 is 17.9 Å². The summed E-state index contributed by atoms with van der Waals surface area (Å²) in [6, 6.07) is 8.59. The molecule has 1 aromatic carbocycles. The van der Waals surface area contributed by atoms with Gasteiger partial charge in [-0.2, -0.15) is 0 Å². The molecule has 8 nitrogen and oxygen atoms in total. The number of Topliss-reactive ketones (excluding diaryl/α,β-unsaturated/α-hetero) is 1. The lowest BCUT2D eigenvalue weighted by Crippen LogP contribution is -2.64. The molecule has 0 unspecified atom stereocenters. The highest BCUT2D eigenvalue weighted by Crippen LogP contribution is 2.76. The van der Waals surface area contributed by atoms with E-state index in [4.69, 9.17) is 9.47 Å². The first kappa shape index (κ1) is 40.7. The Bertz CT molecular complexity index is 1680. The molecule has 0 spiro atoms. The van der Waals surface area contributed by atoms with Crippen molar-refractivity contribution in [3.05, 3.63) is 46.5 Å². The fourth-order valence-electron chi connectivity index (χ4n) is 12.8. The van der Waals surface area contributed by atoms with Crippen LogP contribution in [0.2, 0.25) is 0 Å². The topological polar surface area (TPSA) is 110 Å². The van der Waals surface area contributed by atoms with Crippen molar-refractivity contribution in [3.8, 4) is 0 Å². The fourth-order valence-corrected chi connectivity index (χ4v) is 12.8. The van der Waals surface area contributed by atoms with Crippen molar-refractivity contribution in [2.24, 2.45) is 50.7 Å². The van der Waals surface area contributed by atoms with Crippen molar-refractivity contribution < 1.29 is 33.8 Å². The molecular weight excluding hydrogens is 679 g/mol. The molecule has 0 amide bonds. The smallest absolute Gasteiger partial charge is 0.309 e. The minimum absolute atomic E-state index is 0.0200. The monoisotopic (exact) mass is 745 g/mol. The summed E-state index contributed by atoms with van der Waals surface area (Å²) >= 11 is 0. The zero-order chi connectivity index (χ0) is 39.6. The average Bonchev–Trinajstić information content (AvgIpc) is 3.39. The molecule has 8 heteroatoms. The van der Waals surface area contributed by atoms with Gasteiger partial charge in [-0.3, -0.25) is 24.1 Å². The zero-order valence-electron chi connectivity index (χ0n) is 34.8. The molecule has 0 bridgehead atoms. The standard InChI is InChI=1S/C46H67NO7/c1-28(2)39-35(49)24-46(37(53-30(4)48)27-47(10)26-31-13-11-29(3)12-14-31)22-21-44(8)34(40(39)46)15-16-36-43(7)19-18-33(23-32(43)17-20-45(36,44)9)54-38(50)25-42(5,6)41(51)52/h11-14,28,32-34,36-37H,15-27H2,1-10H3,(H,51,52)/t32-,33-,34+,36+,37+,43-,44+,45+,46-/m0/s1. The summed E-state index contributed by atoms with van der Waals surface area (Å²) in [4.78, 5) is 54.0. The maximum absolute atomic E-state index is 14.3. The maximum Gasteiger partial charge on any atom is 0.309 e. The number of hydrogen-bond donors (Lipinski definition) is 1. The van der Waals surface area contributed by atoms with Crippen LogP contribution in [0.3, 0.4) is 0 Å². The van der Waals surface area contributed by atoms with Crippen molar-refractivity contribution in [1.29, 1.82) is 0 Å². The first-order chi connectivity index (χ1) is 25.2. The number of ketones is 1. The van der Waals surface area contributed by atoms with Crippen LogP contribution in [-0.2, 0) is 35.2 Å². The van der Waals surface area contributed by atoms with Gasteiger partial charge in [-0.1, -0.05) is 64.4 Å². The van der Waals surface area contributed by atoms with Crippen LogP contribution >= 0.6 is 0 Å². The largest absolute Gasteiger partial charge is 0.481 e. The van der Waals surface area contributed by atoms with Gasteiger partial charge in [0.1, 0.15) is 12.2 Å². The van der Waals surface area contributed by atoms with Gasteiger partial charge in [-0.25, -0.2) is 0 Å². The van der Waals surface area contributed by atoms with Gasteiger partial charge in [0.25, 0.3) is 0 Å². The Hall–Kier alpha value is -3.00. The molecule has 4 saturated carbocycles. The first-order valence-corrected chi connectivity index (χ1v) is 20.8. The Morgan fingerprint density at radius 3 is 2.28 bits per heavy atom. The van der Waals surface area contributed by atoms with Crippen LogP contribution in [-0.4, -0.2) is 59.5 Å². The van der Waals surface area contributed by atoms with Gasteiger partial charge < -0.3 is 14.6 Å². The molecule has 6 rings (SSSR count). The van der Waals surface area contributed by atoms with Crippen molar-refractivity contribution in [3.63, 3.8) is 0 Å². The Kier molecular flexibility index (Phi) is 10.9. The average molecular weight is 746 g/mol. The Morgan fingerprint density at radius 1 is 0.963 bits per heavy atom. The zero-order valence-corrected chi connectivity index (χ0v) is 34.8. The van der Waals surface area contributed by atoms with Gasteiger partial charge in [0.15, 0.2) is 5.78 Å².